The lowest BCUT2D eigenvalue weighted by atomic mass is 9.94. The summed E-state index contributed by atoms with van der Waals surface area (Å²) in [7, 11) is 0. The molecule has 1 saturated heterocycles. The molecule has 0 radical (unpaired) electrons. The Morgan fingerprint density at radius 3 is 2.55 bits per heavy atom. The summed E-state index contributed by atoms with van der Waals surface area (Å²) in [6.07, 6.45) is 2.31. The van der Waals surface area contributed by atoms with E-state index in [1.165, 1.54) is 16.9 Å². The summed E-state index contributed by atoms with van der Waals surface area (Å²) in [5, 5.41) is 4.59. The molecule has 3 aliphatic rings. The number of alkyl halides is 3. The molecule has 1 saturated carbocycles. The topological polar surface area (TPSA) is 74.4 Å². The number of halogens is 3. The number of rotatable bonds is 6. The predicted molar refractivity (Wildman–Crippen MR) is 150 cm³/mol. The number of morpholine rings is 1. The zero-order valence-electron chi connectivity index (χ0n) is 23.6. The fraction of sp³-hybridized carbons (Fsp3) is 0.452. The number of aryl methyl sites for hydroxylation is 1. The van der Waals surface area contributed by atoms with E-state index in [1.54, 1.807) is 20.2 Å². The Bertz CT molecular complexity index is 1660. The number of hydrogen-bond acceptors (Lipinski definition) is 6. The van der Waals surface area contributed by atoms with Crippen LogP contribution in [0.15, 0.2) is 42.9 Å². The Labute approximate surface area is 241 Å². The maximum atomic E-state index is 14.5. The molecule has 1 aliphatic carbocycles. The van der Waals surface area contributed by atoms with E-state index >= 15 is 0 Å². The van der Waals surface area contributed by atoms with E-state index in [4.69, 9.17) is 9.47 Å². The standard InChI is InChI=1S/C31H32F3N5O3/c1-3-42-29(40)28(27-25-8-9-30(10-11-30)38(25)18-35-27)39-17-23-24(31(32,33)34)16-22(19(2)26(23)36-39)20-4-6-21(7-5-20)37-12-14-41-15-13-37/h4-7,16-18,28H,3,8-15H2,1-2H3. The number of benzene rings is 2. The first-order valence-corrected chi connectivity index (χ1v) is 14.5. The number of carbonyl (C=O) groups is 1. The van der Waals surface area contributed by atoms with Crippen LogP contribution in [0.3, 0.4) is 0 Å². The summed E-state index contributed by atoms with van der Waals surface area (Å²) in [6.45, 7) is 6.43. The molecular formula is C31H32F3N5O3. The zero-order chi connectivity index (χ0) is 29.2. The van der Waals surface area contributed by atoms with Gasteiger partial charge in [0.1, 0.15) is 0 Å². The number of imidazole rings is 1. The summed E-state index contributed by atoms with van der Waals surface area (Å²) >= 11 is 0. The average molecular weight is 580 g/mol. The van der Waals surface area contributed by atoms with Crippen LogP contribution in [-0.2, 0) is 32.4 Å². The van der Waals surface area contributed by atoms with Crippen LogP contribution in [0, 0.1) is 6.92 Å². The van der Waals surface area contributed by atoms with Crippen LogP contribution in [-0.4, -0.2) is 58.2 Å². The number of nitrogens with zero attached hydrogens (tertiary/aromatic N) is 5. The third kappa shape index (κ3) is 4.36. The van der Waals surface area contributed by atoms with Gasteiger partial charge in [0, 0.05) is 41.6 Å². The number of hydrogen-bond donors (Lipinski definition) is 0. The highest BCUT2D eigenvalue weighted by molar-refractivity contribution is 5.92. The Morgan fingerprint density at radius 1 is 1.14 bits per heavy atom. The van der Waals surface area contributed by atoms with Crippen molar-refractivity contribution in [3.63, 3.8) is 0 Å². The molecule has 8 nitrogen and oxygen atoms in total. The molecule has 220 valence electrons. The van der Waals surface area contributed by atoms with Crippen LogP contribution in [0.2, 0.25) is 0 Å². The molecule has 1 unspecified atom stereocenters. The molecule has 7 rings (SSSR count). The van der Waals surface area contributed by atoms with Crippen molar-refractivity contribution in [1.29, 1.82) is 0 Å². The quantitative estimate of drug-likeness (QED) is 0.275. The lowest BCUT2D eigenvalue weighted by Crippen LogP contribution is -2.36. The second-order valence-corrected chi connectivity index (χ2v) is 11.4. The first-order valence-electron chi connectivity index (χ1n) is 14.5. The monoisotopic (exact) mass is 579 g/mol. The van der Waals surface area contributed by atoms with E-state index in [1.807, 2.05) is 24.3 Å². The molecule has 2 aromatic carbocycles. The molecule has 2 aliphatic heterocycles. The van der Waals surface area contributed by atoms with Gasteiger partial charge in [-0.2, -0.15) is 18.3 Å². The summed E-state index contributed by atoms with van der Waals surface area (Å²) in [5.41, 5.74) is 3.60. The van der Waals surface area contributed by atoms with Crippen molar-refractivity contribution in [2.45, 2.75) is 57.3 Å². The number of carbonyl (C=O) groups excluding carboxylic acids is 1. The van der Waals surface area contributed by atoms with E-state index in [0.717, 1.165) is 50.2 Å². The van der Waals surface area contributed by atoms with Crippen LogP contribution in [0.4, 0.5) is 18.9 Å². The van der Waals surface area contributed by atoms with Crippen molar-refractivity contribution in [1.82, 2.24) is 19.3 Å². The fourth-order valence-electron chi connectivity index (χ4n) is 6.61. The number of aromatic nitrogens is 4. The second-order valence-electron chi connectivity index (χ2n) is 11.4. The second kappa shape index (κ2) is 9.86. The first-order chi connectivity index (χ1) is 20.2. The largest absolute Gasteiger partial charge is 0.464 e. The third-order valence-corrected chi connectivity index (χ3v) is 9.03. The minimum Gasteiger partial charge on any atom is -0.464 e. The first kappa shape index (κ1) is 27.0. The molecule has 1 spiro atoms. The van der Waals surface area contributed by atoms with E-state index in [9.17, 15) is 18.0 Å². The van der Waals surface area contributed by atoms with Gasteiger partial charge in [-0.3, -0.25) is 4.68 Å². The van der Waals surface area contributed by atoms with Crippen LogP contribution in [0.1, 0.15) is 54.7 Å². The lowest BCUT2D eigenvalue weighted by molar-refractivity contribution is -0.146. The highest BCUT2D eigenvalue weighted by atomic mass is 19.4. The molecule has 42 heavy (non-hydrogen) atoms. The molecule has 2 aromatic heterocycles. The van der Waals surface area contributed by atoms with Gasteiger partial charge in [0.2, 0.25) is 0 Å². The third-order valence-electron chi connectivity index (χ3n) is 9.03. The highest BCUT2D eigenvalue weighted by Gasteiger charge is 2.50. The van der Waals surface area contributed by atoms with E-state index < -0.39 is 23.8 Å². The van der Waals surface area contributed by atoms with Crippen molar-refractivity contribution >= 4 is 22.6 Å². The molecule has 0 bridgehead atoms. The summed E-state index contributed by atoms with van der Waals surface area (Å²) < 4.78 is 57.9. The lowest BCUT2D eigenvalue weighted by Gasteiger charge is -2.29. The van der Waals surface area contributed by atoms with Crippen LogP contribution in [0.5, 0.6) is 0 Å². The number of ether oxygens (including phenoxy) is 2. The maximum absolute atomic E-state index is 14.5. The molecule has 4 aromatic rings. The van der Waals surface area contributed by atoms with Crippen molar-refractivity contribution in [3.8, 4) is 11.1 Å². The fourth-order valence-corrected chi connectivity index (χ4v) is 6.61. The molecule has 0 N–H and O–H groups in total. The SMILES string of the molecule is CCOC(=O)C(c1ncn2c1CCC21CC1)n1cc2c(C(F)(F)F)cc(-c3ccc(N4CCOCC4)cc3)c(C)c2n1. The molecule has 4 heterocycles. The molecular weight excluding hydrogens is 547 g/mol. The average Bonchev–Trinajstić information content (AvgIpc) is 3.27. The molecule has 2 fully saturated rings. The predicted octanol–water partition coefficient (Wildman–Crippen LogP) is 5.65. The van der Waals surface area contributed by atoms with Gasteiger partial charge in [0.05, 0.1) is 42.9 Å². The van der Waals surface area contributed by atoms with Gasteiger partial charge in [-0.25, -0.2) is 9.78 Å². The Hall–Kier alpha value is -3.86. The van der Waals surface area contributed by atoms with Gasteiger partial charge in [0.15, 0.2) is 6.04 Å². The number of fused-ring (bicyclic) bond motifs is 3. The maximum Gasteiger partial charge on any atom is 0.417 e. The van der Waals surface area contributed by atoms with E-state index in [-0.39, 0.29) is 23.0 Å². The Morgan fingerprint density at radius 2 is 1.88 bits per heavy atom. The van der Waals surface area contributed by atoms with Crippen LogP contribution >= 0.6 is 0 Å². The van der Waals surface area contributed by atoms with Crippen molar-refractivity contribution in [2.24, 2.45) is 0 Å². The van der Waals surface area contributed by atoms with Gasteiger partial charge >= 0.3 is 12.1 Å². The molecule has 11 heteroatoms. The zero-order valence-corrected chi connectivity index (χ0v) is 23.6. The van der Waals surface area contributed by atoms with Crippen LogP contribution < -0.4 is 4.90 Å². The van der Waals surface area contributed by atoms with Gasteiger partial charge in [-0.1, -0.05) is 12.1 Å². The van der Waals surface area contributed by atoms with E-state index in [2.05, 4.69) is 19.5 Å². The number of anilines is 1. The molecule has 1 atom stereocenters. The van der Waals surface area contributed by atoms with Crippen molar-refractivity contribution in [2.75, 3.05) is 37.8 Å². The minimum atomic E-state index is -4.63. The normalized spacial score (nSPS) is 18.5. The summed E-state index contributed by atoms with van der Waals surface area (Å²) in [4.78, 5) is 20.1. The minimum absolute atomic E-state index is 0.0579. The highest BCUT2D eigenvalue weighted by Crippen LogP contribution is 2.53. The van der Waals surface area contributed by atoms with Gasteiger partial charge in [-0.15, -0.1) is 0 Å². The smallest absolute Gasteiger partial charge is 0.417 e. The van der Waals surface area contributed by atoms with Gasteiger partial charge in [0.25, 0.3) is 0 Å². The van der Waals surface area contributed by atoms with Gasteiger partial charge in [-0.05, 0) is 74.4 Å². The Kier molecular flexibility index (Phi) is 6.34. The summed E-state index contributed by atoms with van der Waals surface area (Å²) in [6, 6.07) is 7.66. The van der Waals surface area contributed by atoms with E-state index in [0.29, 0.717) is 35.6 Å². The van der Waals surface area contributed by atoms with Crippen LogP contribution in [0.25, 0.3) is 22.0 Å². The molecule has 0 amide bonds. The number of esters is 1. The van der Waals surface area contributed by atoms with Crippen molar-refractivity contribution in [3.05, 3.63) is 65.4 Å². The Balaban J connectivity index is 1.34. The van der Waals surface area contributed by atoms with Crippen molar-refractivity contribution < 1.29 is 27.4 Å². The summed E-state index contributed by atoms with van der Waals surface area (Å²) in [5.74, 6) is -0.589. The van der Waals surface area contributed by atoms with Gasteiger partial charge < -0.3 is 18.9 Å².